The van der Waals surface area contributed by atoms with Gasteiger partial charge in [-0.15, -0.1) is 0 Å². The van der Waals surface area contributed by atoms with E-state index in [2.05, 4.69) is 4.37 Å². The van der Waals surface area contributed by atoms with Crippen molar-refractivity contribution in [2.24, 2.45) is 0 Å². The molecule has 2 aromatic rings. The molecule has 114 valence electrons. The minimum absolute atomic E-state index is 0.134. The zero-order valence-corrected chi connectivity index (χ0v) is 13.0. The molecule has 1 unspecified atom stereocenters. The third-order valence-corrected chi connectivity index (χ3v) is 4.99. The highest BCUT2D eigenvalue weighted by molar-refractivity contribution is 7.03. The van der Waals surface area contributed by atoms with Crippen LogP contribution in [0.3, 0.4) is 0 Å². The summed E-state index contributed by atoms with van der Waals surface area (Å²) in [6.45, 7) is 2.43. The van der Waals surface area contributed by atoms with Gasteiger partial charge in [0.1, 0.15) is 5.41 Å². The molecular formula is C16H16N2O3S. The molecule has 0 saturated carbocycles. The van der Waals surface area contributed by atoms with Gasteiger partial charge >= 0.3 is 5.97 Å². The summed E-state index contributed by atoms with van der Waals surface area (Å²) in [6.07, 6.45) is 0.425. The van der Waals surface area contributed by atoms with Gasteiger partial charge in [0, 0.05) is 18.5 Å². The van der Waals surface area contributed by atoms with Crippen molar-refractivity contribution in [1.29, 1.82) is 0 Å². The molecule has 0 bridgehead atoms. The zero-order chi connectivity index (χ0) is 15.7. The van der Waals surface area contributed by atoms with Crippen LogP contribution in [0.2, 0.25) is 0 Å². The molecule has 22 heavy (non-hydrogen) atoms. The van der Waals surface area contributed by atoms with E-state index < -0.39 is 11.4 Å². The van der Waals surface area contributed by atoms with E-state index in [0.717, 1.165) is 5.56 Å². The minimum Gasteiger partial charge on any atom is -0.481 e. The van der Waals surface area contributed by atoms with E-state index in [-0.39, 0.29) is 12.5 Å². The molecule has 3 rings (SSSR count). The van der Waals surface area contributed by atoms with Crippen LogP contribution in [0, 0.1) is 6.92 Å². The molecule has 1 atom stereocenters. The Bertz CT molecular complexity index is 713. The lowest BCUT2D eigenvalue weighted by Crippen LogP contribution is -2.40. The Labute approximate surface area is 132 Å². The van der Waals surface area contributed by atoms with Crippen LogP contribution in [0.5, 0.6) is 0 Å². The van der Waals surface area contributed by atoms with Crippen molar-refractivity contribution in [3.63, 3.8) is 0 Å². The summed E-state index contributed by atoms with van der Waals surface area (Å²) in [5.74, 6) is -1.01. The Morgan fingerprint density at radius 1 is 1.32 bits per heavy atom. The van der Waals surface area contributed by atoms with Crippen LogP contribution in [-0.4, -0.2) is 39.3 Å². The molecule has 0 spiro atoms. The number of likely N-dealkylation sites (tertiary alicyclic amines) is 1. The second kappa shape index (κ2) is 5.53. The average Bonchev–Trinajstić information content (AvgIpc) is 3.15. The third kappa shape index (κ3) is 2.29. The highest BCUT2D eigenvalue weighted by Crippen LogP contribution is 2.35. The summed E-state index contributed by atoms with van der Waals surface area (Å²) < 4.78 is 4.12. The highest BCUT2D eigenvalue weighted by Gasteiger charge is 2.47. The van der Waals surface area contributed by atoms with Gasteiger partial charge in [-0.1, -0.05) is 30.3 Å². The maximum Gasteiger partial charge on any atom is 0.316 e. The first kappa shape index (κ1) is 14.7. The van der Waals surface area contributed by atoms with Crippen LogP contribution in [0.25, 0.3) is 0 Å². The van der Waals surface area contributed by atoms with Gasteiger partial charge in [-0.3, -0.25) is 9.59 Å². The summed E-state index contributed by atoms with van der Waals surface area (Å²) in [5, 5.41) is 11.5. The molecular weight excluding hydrogens is 300 g/mol. The second-order valence-corrected chi connectivity index (χ2v) is 6.17. The molecule has 1 aromatic heterocycles. The number of carboxylic acid groups (broad SMARTS) is 1. The first-order valence-electron chi connectivity index (χ1n) is 7.04. The van der Waals surface area contributed by atoms with Gasteiger partial charge in [0.15, 0.2) is 0 Å². The van der Waals surface area contributed by atoms with Gasteiger partial charge in [0.25, 0.3) is 5.91 Å². The summed E-state index contributed by atoms with van der Waals surface area (Å²) in [4.78, 5) is 26.1. The van der Waals surface area contributed by atoms with Crippen molar-refractivity contribution in [2.75, 3.05) is 13.1 Å². The Kier molecular flexibility index (Phi) is 3.70. The number of aliphatic carboxylic acids is 1. The van der Waals surface area contributed by atoms with E-state index in [9.17, 15) is 14.7 Å². The van der Waals surface area contributed by atoms with Crippen LogP contribution in [0.1, 0.15) is 28.0 Å². The highest BCUT2D eigenvalue weighted by atomic mass is 32.1. The van der Waals surface area contributed by atoms with Crippen LogP contribution in [0.15, 0.2) is 35.7 Å². The van der Waals surface area contributed by atoms with Crippen molar-refractivity contribution in [3.05, 3.63) is 52.5 Å². The Balaban J connectivity index is 1.90. The lowest BCUT2D eigenvalue weighted by atomic mass is 9.80. The fraction of sp³-hybridized carbons (Fsp3) is 0.312. The van der Waals surface area contributed by atoms with Gasteiger partial charge in [-0.2, -0.15) is 4.37 Å². The molecule has 6 heteroatoms. The SMILES string of the molecule is Cc1nscc1C(=O)N1CCC(C(=O)O)(c2ccccc2)C1. The smallest absolute Gasteiger partial charge is 0.316 e. The lowest BCUT2D eigenvalue weighted by Gasteiger charge is -2.25. The molecule has 0 aliphatic carbocycles. The standard InChI is InChI=1S/C16H16N2O3S/c1-11-13(9-22-17-11)14(19)18-8-7-16(10-18,15(20)21)12-5-3-2-4-6-12/h2-6,9H,7-8,10H2,1H3,(H,20,21). The minimum atomic E-state index is -1.02. The topological polar surface area (TPSA) is 70.5 Å². The molecule has 1 N–H and O–H groups in total. The maximum atomic E-state index is 12.6. The first-order chi connectivity index (χ1) is 10.5. The Morgan fingerprint density at radius 3 is 2.64 bits per heavy atom. The first-order valence-corrected chi connectivity index (χ1v) is 7.87. The van der Waals surface area contributed by atoms with Crippen molar-refractivity contribution in [1.82, 2.24) is 9.27 Å². The molecule has 1 amide bonds. The van der Waals surface area contributed by atoms with Crippen LogP contribution < -0.4 is 0 Å². The number of aromatic nitrogens is 1. The Morgan fingerprint density at radius 2 is 2.05 bits per heavy atom. The monoisotopic (exact) mass is 316 g/mol. The van der Waals surface area contributed by atoms with E-state index in [1.165, 1.54) is 11.5 Å². The third-order valence-electron chi connectivity index (χ3n) is 4.27. The van der Waals surface area contributed by atoms with Gasteiger partial charge in [-0.25, -0.2) is 0 Å². The van der Waals surface area contributed by atoms with E-state index in [4.69, 9.17) is 0 Å². The number of aryl methyl sites for hydroxylation is 1. The van der Waals surface area contributed by atoms with Crippen LogP contribution in [0.4, 0.5) is 0 Å². The van der Waals surface area contributed by atoms with E-state index in [1.54, 1.807) is 17.2 Å². The molecule has 1 aromatic carbocycles. The van der Waals surface area contributed by atoms with Gasteiger partial charge in [0.2, 0.25) is 0 Å². The average molecular weight is 316 g/mol. The maximum absolute atomic E-state index is 12.6. The molecule has 5 nitrogen and oxygen atoms in total. The second-order valence-electron chi connectivity index (χ2n) is 5.54. The summed E-state index contributed by atoms with van der Waals surface area (Å²) in [6, 6.07) is 9.16. The zero-order valence-electron chi connectivity index (χ0n) is 12.2. The fourth-order valence-corrected chi connectivity index (χ4v) is 3.63. The van der Waals surface area contributed by atoms with Crippen molar-refractivity contribution in [3.8, 4) is 0 Å². The molecule has 1 aliphatic rings. The predicted molar refractivity (Wildman–Crippen MR) is 83.1 cm³/mol. The number of carbonyl (C=O) groups is 2. The Hall–Kier alpha value is -2.21. The number of benzene rings is 1. The summed E-state index contributed by atoms with van der Waals surface area (Å²) in [7, 11) is 0. The number of carbonyl (C=O) groups excluding carboxylic acids is 1. The molecule has 2 heterocycles. The number of nitrogens with zero attached hydrogens (tertiary/aromatic N) is 2. The fourth-order valence-electron chi connectivity index (χ4n) is 2.94. The molecule has 1 aliphatic heterocycles. The normalized spacial score (nSPS) is 21.0. The van der Waals surface area contributed by atoms with E-state index in [1.807, 2.05) is 30.3 Å². The molecule has 1 saturated heterocycles. The quantitative estimate of drug-likeness (QED) is 0.943. The number of hydrogen-bond acceptors (Lipinski definition) is 4. The van der Waals surface area contributed by atoms with Gasteiger partial charge in [-0.05, 0) is 30.4 Å². The van der Waals surface area contributed by atoms with E-state index in [0.29, 0.717) is 24.2 Å². The van der Waals surface area contributed by atoms with Crippen molar-refractivity contribution >= 4 is 23.4 Å². The summed E-state index contributed by atoms with van der Waals surface area (Å²) in [5.41, 5.74) is 0.994. The number of hydrogen-bond donors (Lipinski definition) is 1. The number of carboxylic acids is 1. The lowest BCUT2D eigenvalue weighted by molar-refractivity contribution is -0.143. The predicted octanol–water partition coefficient (Wildman–Crippen LogP) is 2.32. The van der Waals surface area contributed by atoms with Gasteiger partial charge in [0.05, 0.1) is 11.3 Å². The largest absolute Gasteiger partial charge is 0.481 e. The summed E-state index contributed by atoms with van der Waals surface area (Å²) >= 11 is 1.24. The van der Waals surface area contributed by atoms with Crippen molar-refractivity contribution in [2.45, 2.75) is 18.8 Å². The van der Waals surface area contributed by atoms with E-state index >= 15 is 0 Å². The molecule has 1 fully saturated rings. The van der Waals surface area contributed by atoms with Gasteiger partial charge < -0.3 is 10.0 Å². The number of rotatable bonds is 3. The molecule has 0 radical (unpaired) electrons. The number of amides is 1. The van der Waals surface area contributed by atoms with Crippen LogP contribution in [-0.2, 0) is 10.2 Å². The van der Waals surface area contributed by atoms with Crippen molar-refractivity contribution < 1.29 is 14.7 Å². The van der Waals surface area contributed by atoms with Crippen LogP contribution >= 0.6 is 11.5 Å².